The molecule has 3 rings (SSSR count). The maximum Gasteiger partial charge on any atom is 0.285 e. The molecule has 0 radical (unpaired) electrons. The number of nitrogens with one attached hydrogen (secondary N) is 1. The lowest BCUT2D eigenvalue weighted by molar-refractivity contribution is -0.123. The third-order valence-electron chi connectivity index (χ3n) is 4.22. The summed E-state index contributed by atoms with van der Waals surface area (Å²) in [6.45, 7) is 6.45. The van der Waals surface area contributed by atoms with Gasteiger partial charge in [0.2, 0.25) is 0 Å². The van der Waals surface area contributed by atoms with E-state index in [0.717, 1.165) is 28.8 Å². The van der Waals surface area contributed by atoms with Gasteiger partial charge in [-0.1, -0.05) is 30.8 Å². The molecule has 1 saturated heterocycles. The second kappa shape index (κ2) is 10.1. The highest BCUT2D eigenvalue weighted by Crippen LogP contribution is 2.34. The van der Waals surface area contributed by atoms with E-state index in [-0.39, 0.29) is 22.2 Å². The van der Waals surface area contributed by atoms with E-state index in [9.17, 15) is 9.59 Å². The molecule has 1 aliphatic rings. The number of rotatable bonds is 8. The molecule has 0 spiro atoms. The number of ether oxygens (including phenoxy) is 2. The van der Waals surface area contributed by atoms with Crippen molar-refractivity contribution in [3.63, 3.8) is 0 Å². The standard InChI is InChI=1S/C21H22N2O4S3/c1-4-13(3)27-15-9-8-14(11-16(15)26-5-2)12-18-20(25)23(21(28)30-18)22-19(24)17-7-6-10-29-17/h6-13H,4-5H2,1-3H3,(H,22,24)/b18-12+/t13-/m1/s1. The second-order valence-corrected chi connectivity index (χ2v) is 9.03. The Labute approximate surface area is 189 Å². The molecule has 0 bridgehead atoms. The Morgan fingerprint density at radius 3 is 2.77 bits per heavy atom. The van der Waals surface area contributed by atoms with Gasteiger partial charge in [0.25, 0.3) is 11.8 Å². The molecule has 9 heteroatoms. The summed E-state index contributed by atoms with van der Waals surface area (Å²) >= 11 is 7.71. The quantitative estimate of drug-likeness (QED) is 0.446. The van der Waals surface area contributed by atoms with Gasteiger partial charge in [0.15, 0.2) is 15.8 Å². The van der Waals surface area contributed by atoms with Crippen molar-refractivity contribution in [3.8, 4) is 11.5 Å². The van der Waals surface area contributed by atoms with Crippen LogP contribution in [0.4, 0.5) is 0 Å². The minimum Gasteiger partial charge on any atom is -0.490 e. The van der Waals surface area contributed by atoms with Crippen LogP contribution in [0.15, 0.2) is 40.6 Å². The predicted octanol–water partition coefficient (Wildman–Crippen LogP) is 4.87. The number of thiophene rings is 1. The van der Waals surface area contributed by atoms with Crippen molar-refractivity contribution in [2.24, 2.45) is 0 Å². The van der Waals surface area contributed by atoms with Gasteiger partial charge in [-0.25, -0.2) is 0 Å². The molecule has 1 aromatic carbocycles. The Hall–Kier alpha value is -2.36. The number of thiocarbonyl (C=S) groups is 1. The average Bonchev–Trinajstić information content (AvgIpc) is 3.35. The first-order valence-corrected chi connectivity index (χ1v) is 11.6. The van der Waals surface area contributed by atoms with Crippen LogP contribution in [0.3, 0.4) is 0 Å². The minimum absolute atomic E-state index is 0.0678. The van der Waals surface area contributed by atoms with Gasteiger partial charge in [0, 0.05) is 0 Å². The van der Waals surface area contributed by atoms with Crippen LogP contribution >= 0.6 is 35.3 Å². The van der Waals surface area contributed by atoms with Gasteiger partial charge in [-0.15, -0.1) is 11.3 Å². The Balaban J connectivity index is 1.79. The third-order valence-corrected chi connectivity index (χ3v) is 6.39. The Morgan fingerprint density at radius 2 is 2.10 bits per heavy atom. The lowest BCUT2D eigenvalue weighted by Gasteiger charge is -2.16. The molecular formula is C21H22N2O4S3. The average molecular weight is 463 g/mol. The molecule has 1 fully saturated rings. The molecule has 1 N–H and O–H groups in total. The number of hydrogen-bond donors (Lipinski definition) is 1. The zero-order chi connectivity index (χ0) is 21.7. The molecule has 0 saturated carbocycles. The number of hydrazine groups is 1. The van der Waals surface area contributed by atoms with Crippen molar-refractivity contribution < 1.29 is 19.1 Å². The summed E-state index contributed by atoms with van der Waals surface area (Å²) in [6, 6.07) is 8.98. The van der Waals surface area contributed by atoms with Crippen molar-refractivity contribution in [2.45, 2.75) is 33.3 Å². The molecule has 1 atom stereocenters. The van der Waals surface area contributed by atoms with Crippen molar-refractivity contribution in [2.75, 3.05) is 6.61 Å². The summed E-state index contributed by atoms with van der Waals surface area (Å²) in [4.78, 5) is 26.0. The van der Waals surface area contributed by atoms with E-state index < -0.39 is 0 Å². The molecule has 30 heavy (non-hydrogen) atoms. The summed E-state index contributed by atoms with van der Waals surface area (Å²) in [5.41, 5.74) is 3.35. The van der Waals surface area contributed by atoms with E-state index in [4.69, 9.17) is 21.7 Å². The number of thioether (sulfide) groups is 1. The zero-order valence-corrected chi connectivity index (χ0v) is 19.3. The molecule has 2 amide bonds. The minimum atomic E-state index is -0.368. The summed E-state index contributed by atoms with van der Waals surface area (Å²) in [5, 5.41) is 2.90. The number of carbonyl (C=O) groups is 2. The number of hydrogen-bond acceptors (Lipinski definition) is 7. The fraction of sp³-hybridized carbons (Fsp3) is 0.286. The lowest BCUT2D eigenvalue weighted by atomic mass is 10.1. The number of benzene rings is 1. The van der Waals surface area contributed by atoms with Crippen LogP contribution in [0.5, 0.6) is 11.5 Å². The van der Waals surface area contributed by atoms with Gasteiger partial charge in [-0.2, -0.15) is 5.01 Å². The van der Waals surface area contributed by atoms with Gasteiger partial charge in [0.05, 0.1) is 22.5 Å². The smallest absolute Gasteiger partial charge is 0.285 e. The van der Waals surface area contributed by atoms with Gasteiger partial charge in [0.1, 0.15) is 0 Å². The molecule has 0 aliphatic carbocycles. The Kier molecular flexibility index (Phi) is 7.52. The van der Waals surface area contributed by atoms with Crippen LogP contribution in [-0.2, 0) is 4.79 Å². The first-order valence-electron chi connectivity index (χ1n) is 9.48. The molecule has 2 heterocycles. The third kappa shape index (κ3) is 5.21. The summed E-state index contributed by atoms with van der Waals surface area (Å²) in [5.74, 6) is 0.549. The highest BCUT2D eigenvalue weighted by atomic mass is 32.2. The van der Waals surface area contributed by atoms with Gasteiger partial charge < -0.3 is 9.47 Å². The first kappa shape index (κ1) is 22.3. The molecule has 158 valence electrons. The van der Waals surface area contributed by atoms with Crippen LogP contribution in [0.25, 0.3) is 6.08 Å². The SMILES string of the molecule is CCOc1cc(/C=C2/SC(=S)N(NC(=O)c3cccs3)C2=O)ccc1O[C@H](C)CC. The Bertz CT molecular complexity index is 973. The van der Waals surface area contributed by atoms with Crippen LogP contribution in [0.2, 0.25) is 0 Å². The van der Waals surface area contributed by atoms with Crippen LogP contribution in [-0.4, -0.2) is 33.9 Å². The maximum atomic E-state index is 12.8. The Morgan fingerprint density at radius 1 is 1.30 bits per heavy atom. The fourth-order valence-electron chi connectivity index (χ4n) is 2.56. The number of amides is 2. The number of carbonyl (C=O) groups excluding carboxylic acids is 2. The van der Waals surface area contributed by atoms with Gasteiger partial charge >= 0.3 is 0 Å². The van der Waals surface area contributed by atoms with E-state index >= 15 is 0 Å². The maximum absolute atomic E-state index is 12.8. The highest BCUT2D eigenvalue weighted by molar-refractivity contribution is 8.26. The van der Waals surface area contributed by atoms with Crippen LogP contribution < -0.4 is 14.9 Å². The van der Waals surface area contributed by atoms with E-state index in [1.165, 1.54) is 11.3 Å². The first-order chi connectivity index (χ1) is 14.4. The number of nitrogens with zero attached hydrogens (tertiary/aromatic N) is 1. The molecule has 6 nitrogen and oxygen atoms in total. The monoisotopic (exact) mass is 462 g/mol. The topological polar surface area (TPSA) is 67.9 Å². The van der Waals surface area contributed by atoms with E-state index in [0.29, 0.717) is 27.9 Å². The molecule has 0 unspecified atom stereocenters. The van der Waals surface area contributed by atoms with E-state index in [2.05, 4.69) is 12.3 Å². The van der Waals surface area contributed by atoms with Gasteiger partial charge in [-0.3, -0.25) is 15.0 Å². The van der Waals surface area contributed by atoms with Gasteiger partial charge in [-0.05, 0) is 67.7 Å². The highest BCUT2D eigenvalue weighted by Gasteiger charge is 2.34. The second-order valence-electron chi connectivity index (χ2n) is 6.41. The van der Waals surface area contributed by atoms with Crippen LogP contribution in [0.1, 0.15) is 42.4 Å². The molecule has 2 aromatic rings. The molecular weight excluding hydrogens is 440 g/mol. The summed E-state index contributed by atoms with van der Waals surface area (Å²) < 4.78 is 11.9. The van der Waals surface area contributed by atoms with Crippen molar-refractivity contribution >= 4 is 57.5 Å². The lowest BCUT2D eigenvalue weighted by Crippen LogP contribution is -2.44. The van der Waals surface area contributed by atoms with Crippen LogP contribution in [0, 0.1) is 0 Å². The van der Waals surface area contributed by atoms with Crippen molar-refractivity contribution in [1.29, 1.82) is 0 Å². The van der Waals surface area contributed by atoms with E-state index in [1.807, 2.05) is 32.0 Å². The van der Waals surface area contributed by atoms with Crippen molar-refractivity contribution in [3.05, 3.63) is 51.1 Å². The molecule has 1 aromatic heterocycles. The summed E-state index contributed by atoms with van der Waals surface area (Å²) in [7, 11) is 0. The largest absolute Gasteiger partial charge is 0.490 e. The predicted molar refractivity (Wildman–Crippen MR) is 125 cm³/mol. The van der Waals surface area contributed by atoms with Crippen molar-refractivity contribution in [1.82, 2.24) is 10.4 Å². The fourth-order valence-corrected chi connectivity index (χ4v) is 4.35. The van der Waals surface area contributed by atoms with E-state index in [1.54, 1.807) is 23.6 Å². The molecule has 1 aliphatic heterocycles. The normalized spacial score (nSPS) is 16.1. The summed E-state index contributed by atoms with van der Waals surface area (Å²) in [6.07, 6.45) is 2.68. The zero-order valence-electron chi connectivity index (χ0n) is 16.8.